The molecule has 1 aromatic rings. The van der Waals surface area contributed by atoms with Gasteiger partial charge in [-0.1, -0.05) is 42.7 Å². The molecule has 4 nitrogen and oxygen atoms in total. The standard InChI is InChI=1S/C26H36N2O2/c1-18-6-8-22(9-7-18)25-13-19-12-20(14-25)16-26(15-19,17-25)24(30)28-11-10-27-23(29)21-4-2-3-5-21/h6-9,19-21H,2-5,10-17H2,1H3,(H,27,29)(H,28,30). The molecule has 162 valence electrons. The molecule has 0 saturated heterocycles. The molecular formula is C26H36N2O2. The first-order valence-electron chi connectivity index (χ1n) is 12.1. The Hall–Kier alpha value is -1.84. The quantitative estimate of drug-likeness (QED) is 0.691. The van der Waals surface area contributed by atoms with Crippen molar-refractivity contribution < 1.29 is 9.59 Å². The minimum Gasteiger partial charge on any atom is -0.354 e. The predicted molar refractivity (Wildman–Crippen MR) is 118 cm³/mol. The van der Waals surface area contributed by atoms with Gasteiger partial charge in [0.15, 0.2) is 0 Å². The first-order chi connectivity index (χ1) is 14.5. The van der Waals surface area contributed by atoms with Gasteiger partial charge in [-0.05, 0) is 81.1 Å². The molecule has 0 heterocycles. The summed E-state index contributed by atoms with van der Waals surface area (Å²) in [6, 6.07) is 9.08. The van der Waals surface area contributed by atoms with Gasteiger partial charge in [-0.3, -0.25) is 9.59 Å². The molecule has 5 fully saturated rings. The Morgan fingerprint density at radius 1 is 0.933 bits per heavy atom. The SMILES string of the molecule is Cc1ccc(C23CC4CC(CC(C(=O)NCCNC(=O)C5CCCC5)(C4)C2)C3)cc1. The Balaban J connectivity index is 1.23. The van der Waals surface area contributed by atoms with E-state index in [4.69, 9.17) is 0 Å². The zero-order valence-electron chi connectivity index (χ0n) is 18.3. The Kier molecular flexibility index (Phi) is 5.15. The molecule has 1 aromatic carbocycles. The third-order valence-corrected chi connectivity index (χ3v) is 8.64. The van der Waals surface area contributed by atoms with E-state index >= 15 is 0 Å². The lowest BCUT2D eigenvalue weighted by Crippen LogP contribution is -2.59. The van der Waals surface area contributed by atoms with Gasteiger partial charge in [-0.25, -0.2) is 0 Å². The molecule has 2 unspecified atom stereocenters. The highest BCUT2D eigenvalue weighted by molar-refractivity contribution is 5.83. The number of aryl methyl sites for hydroxylation is 1. The number of carbonyl (C=O) groups excluding carboxylic acids is 2. The van der Waals surface area contributed by atoms with E-state index in [1.807, 2.05) is 0 Å². The van der Waals surface area contributed by atoms with Gasteiger partial charge >= 0.3 is 0 Å². The van der Waals surface area contributed by atoms with Crippen molar-refractivity contribution in [2.45, 2.75) is 76.5 Å². The summed E-state index contributed by atoms with van der Waals surface area (Å²) < 4.78 is 0. The molecule has 2 amide bonds. The molecular weight excluding hydrogens is 372 g/mol. The number of hydrogen-bond acceptors (Lipinski definition) is 2. The molecule has 0 spiro atoms. The van der Waals surface area contributed by atoms with Crippen LogP contribution in [0.4, 0.5) is 0 Å². The largest absolute Gasteiger partial charge is 0.354 e. The van der Waals surface area contributed by atoms with Crippen molar-refractivity contribution in [1.82, 2.24) is 10.6 Å². The molecule has 2 N–H and O–H groups in total. The third-order valence-electron chi connectivity index (χ3n) is 8.64. The number of nitrogens with one attached hydrogen (secondary N) is 2. The van der Waals surface area contributed by atoms with Gasteiger partial charge in [0.05, 0.1) is 5.41 Å². The van der Waals surface area contributed by atoms with E-state index in [0.29, 0.717) is 24.9 Å². The summed E-state index contributed by atoms with van der Waals surface area (Å²) in [6.45, 7) is 3.24. The van der Waals surface area contributed by atoms with E-state index in [1.54, 1.807) is 0 Å². The number of rotatable bonds is 6. The lowest BCUT2D eigenvalue weighted by Gasteiger charge is -2.61. The van der Waals surface area contributed by atoms with Crippen LogP contribution >= 0.6 is 0 Å². The zero-order chi connectivity index (χ0) is 20.8. The van der Waals surface area contributed by atoms with Crippen molar-refractivity contribution in [2.75, 3.05) is 13.1 Å². The van der Waals surface area contributed by atoms with Gasteiger partial charge in [-0.2, -0.15) is 0 Å². The van der Waals surface area contributed by atoms with Crippen LogP contribution in [0.3, 0.4) is 0 Å². The van der Waals surface area contributed by atoms with Gasteiger partial charge in [0.2, 0.25) is 11.8 Å². The highest BCUT2D eigenvalue weighted by Gasteiger charge is 2.60. The summed E-state index contributed by atoms with van der Waals surface area (Å²) in [4.78, 5) is 25.6. The second-order valence-electron chi connectivity index (χ2n) is 10.9. The van der Waals surface area contributed by atoms with Gasteiger partial charge in [0.1, 0.15) is 0 Å². The molecule has 5 saturated carbocycles. The van der Waals surface area contributed by atoms with Gasteiger partial charge in [-0.15, -0.1) is 0 Å². The molecule has 2 atom stereocenters. The minimum absolute atomic E-state index is 0.176. The average molecular weight is 409 g/mol. The van der Waals surface area contributed by atoms with Crippen LogP contribution in [0.25, 0.3) is 0 Å². The fourth-order valence-corrected chi connectivity index (χ4v) is 7.65. The average Bonchev–Trinajstić information content (AvgIpc) is 3.25. The number of carbonyl (C=O) groups is 2. The highest BCUT2D eigenvalue weighted by Crippen LogP contribution is 2.65. The topological polar surface area (TPSA) is 58.2 Å². The normalized spacial score (nSPS) is 34.8. The number of hydrogen-bond donors (Lipinski definition) is 2. The maximum Gasteiger partial charge on any atom is 0.226 e. The van der Waals surface area contributed by atoms with Crippen molar-refractivity contribution in [2.24, 2.45) is 23.2 Å². The Bertz CT molecular complexity index is 795. The molecule has 5 aliphatic carbocycles. The summed E-state index contributed by atoms with van der Waals surface area (Å²) in [5.74, 6) is 1.97. The smallest absolute Gasteiger partial charge is 0.226 e. The molecule has 6 rings (SSSR count). The molecule has 4 bridgehead atoms. The van der Waals surface area contributed by atoms with E-state index in [9.17, 15) is 9.59 Å². The third kappa shape index (κ3) is 3.56. The molecule has 30 heavy (non-hydrogen) atoms. The maximum atomic E-state index is 13.4. The maximum absolute atomic E-state index is 13.4. The van der Waals surface area contributed by atoms with Gasteiger partial charge in [0.25, 0.3) is 0 Å². The van der Waals surface area contributed by atoms with Crippen LogP contribution < -0.4 is 10.6 Å². The second kappa shape index (κ2) is 7.69. The fourth-order valence-electron chi connectivity index (χ4n) is 7.65. The summed E-state index contributed by atoms with van der Waals surface area (Å²) in [5, 5.41) is 6.25. The lowest BCUT2D eigenvalue weighted by atomic mass is 9.42. The molecule has 0 aliphatic heterocycles. The van der Waals surface area contributed by atoms with Crippen molar-refractivity contribution >= 4 is 11.8 Å². The van der Waals surface area contributed by atoms with Crippen molar-refractivity contribution in [1.29, 1.82) is 0 Å². The summed E-state index contributed by atoms with van der Waals surface area (Å²) in [6.07, 6.45) is 11.3. The van der Waals surface area contributed by atoms with Crippen LogP contribution in [0, 0.1) is 30.1 Å². The van der Waals surface area contributed by atoms with Crippen molar-refractivity contribution in [3.05, 3.63) is 35.4 Å². The first kappa shape index (κ1) is 20.1. The lowest BCUT2D eigenvalue weighted by molar-refractivity contribution is -0.149. The Morgan fingerprint density at radius 3 is 2.23 bits per heavy atom. The molecule has 4 heteroatoms. The molecule has 0 aromatic heterocycles. The summed E-state index contributed by atoms with van der Waals surface area (Å²) >= 11 is 0. The van der Waals surface area contributed by atoms with E-state index < -0.39 is 0 Å². The zero-order valence-corrected chi connectivity index (χ0v) is 18.3. The summed E-state index contributed by atoms with van der Waals surface area (Å²) in [5.41, 5.74) is 2.73. The van der Waals surface area contributed by atoms with E-state index in [-0.39, 0.29) is 28.6 Å². The van der Waals surface area contributed by atoms with Crippen molar-refractivity contribution in [3.63, 3.8) is 0 Å². The monoisotopic (exact) mass is 408 g/mol. The van der Waals surface area contributed by atoms with Crippen LogP contribution in [0.1, 0.15) is 75.3 Å². The van der Waals surface area contributed by atoms with Gasteiger partial charge < -0.3 is 10.6 Å². The number of benzene rings is 1. The number of amides is 2. The Morgan fingerprint density at radius 2 is 1.57 bits per heavy atom. The van der Waals surface area contributed by atoms with Crippen LogP contribution in [0.5, 0.6) is 0 Å². The van der Waals surface area contributed by atoms with E-state index in [1.165, 1.54) is 43.2 Å². The second-order valence-corrected chi connectivity index (χ2v) is 10.9. The first-order valence-corrected chi connectivity index (χ1v) is 12.1. The van der Waals surface area contributed by atoms with Crippen LogP contribution in [0.15, 0.2) is 24.3 Å². The van der Waals surface area contributed by atoms with Crippen LogP contribution in [-0.4, -0.2) is 24.9 Å². The van der Waals surface area contributed by atoms with Crippen molar-refractivity contribution in [3.8, 4) is 0 Å². The van der Waals surface area contributed by atoms with Crippen LogP contribution in [-0.2, 0) is 15.0 Å². The summed E-state index contributed by atoms with van der Waals surface area (Å²) in [7, 11) is 0. The highest BCUT2D eigenvalue weighted by atomic mass is 16.2. The molecule has 0 radical (unpaired) electrons. The van der Waals surface area contributed by atoms with E-state index in [2.05, 4.69) is 41.8 Å². The molecule has 5 aliphatic rings. The Labute approximate surface area is 180 Å². The fraction of sp³-hybridized carbons (Fsp3) is 0.692. The predicted octanol–water partition coefficient (Wildman–Crippen LogP) is 4.26. The van der Waals surface area contributed by atoms with Crippen LogP contribution in [0.2, 0.25) is 0 Å². The van der Waals surface area contributed by atoms with Gasteiger partial charge in [0, 0.05) is 19.0 Å². The minimum atomic E-state index is -0.204. The van der Waals surface area contributed by atoms with E-state index in [0.717, 1.165) is 32.1 Å².